The van der Waals surface area contributed by atoms with Crippen molar-refractivity contribution < 1.29 is 0 Å². The van der Waals surface area contributed by atoms with Gasteiger partial charge in [-0.05, 0) is 61.6 Å². The molecule has 86 valence electrons. The molecule has 2 heteroatoms. The molecule has 16 heavy (non-hydrogen) atoms. The number of nitrogens with two attached hydrogens (primary N) is 1. The number of hydrogen-bond donors (Lipinski definition) is 1. The van der Waals surface area contributed by atoms with E-state index in [0.717, 1.165) is 0 Å². The molecule has 2 saturated carbocycles. The van der Waals surface area contributed by atoms with Crippen molar-refractivity contribution in [3.8, 4) is 0 Å². The first-order chi connectivity index (χ1) is 7.64. The topological polar surface area (TPSA) is 26.0 Å². The molecule has 0 amide bonds. The Morgan fingerprint density at radius 1 is 1.19 bits per heavy atom. The molecule has 0 aromatic heterocycles. The smallest absolute Gasteiger partial charge is 0.0212 e. The summed E-state index contributed by atoms with van der Waals surface area (Å²) in [5.41, 5.74) is 8.54. The summed E-state index contributed by atoms with van der Waals surface area (Å²) in [5, 5.41) is 0. The molecule has 1 nitrogen and oxygen atoms in total. The predicted octanol–water partition coefficient (Wildman–Crippen LogP) is 3.65. The second-order valence-corrected chi connectivity index (χ2v) is 6.48. The molecule has 0 spiro atoms. The summed E-state index contributed by atoms with van der Waals surface area (Å²) in [4.78, 5) is 0. The Hall–Kier alpha value is -0.340. The van der Waals surface area contributed by atoms with Gasteiger partial charge in [-0.3, -0.25) is 0 Å². The van der Waals surface area contributed by atoms with E-state index in [9.17, 15) is 0 Å². The maximum Gasteiger partial charge on any atom is 0.0212 e. The Balaban J connectivity index is 1.65. The molecule has 0 unspecified atom stereocenters. The predicted molar refractivity (Wildman–Crippen MR) is 70.3 cm³/mol. The Bertz CT molecular complexity index is 405. The molecule has 2 aliphatic carbocycles. The molecule has 0 bridgehead atoms. The van der Waals surface area contributed by atoms with E-state index in [1.54, 1.807) is 0 Å². The van der Waals surface area contributed by atoms with Crippen molar-refractivity contribution in [2.45, 2.75) is 44.1 Å². The lowest BCUT2D eigenvalue weighted by molar-refractivity contribution is 0.352. The number of rotatable bonds is 4. The van der Waals surface area contributed by atoms with Gasteiger partial charge in [0.2, 0.25) is 0 Å². The van der Waals surface area contributed by atoms with Gasteiger partial charge in [-0.25, -0.2) is 0 Å². The van der Waals surface area contributed by atoms with E-state index in [-0.39, 0.29) is 5.54 Å². The van der Waals surface area contributed by atoms with Crippen LogP contribution in [0.15, 0.2) is 28.7 Å². The van der Waals surface area contributed by atoms with Crippen LogP contribution in [0.4, 0.5) is 0 Å². The van der Waals surface area contributed by atoms with E-state index in [1.165, 1.54) is 48.6 Å². The van der Waals surface area contributed by atoms with Crippen LogP contribution in [0, 0.1) is 5.41 Å². The van der Waals surface area contributed by atoms with Gasteiger partial charge in [-0.15, -0.1) is 0 Å². The summed E-state index contributed by atoms with van der Waals surface area (Å²) >= 11 is 3.53. The third kappa shape index (κ3) is 1.82. The zero-order valence-corrected chi connectivity index (χ0v) is 11.1. The van der Waals surface area contributed by atoms with Crippen molar-refractivity contribution in [2.75, 3.05) is 0 Å². The second-order valence-electron chi connectivity index (χ2n) is 5.57. The van der Waals surface area contributed by atoms with Crippen LogP contribution in [0.5, 0.6) is 0 Å². The molecule has 2 fully saturated rings. The van der Waals surface area contributed by atoms with E-state index >= 15 is 0 Å². The highest BCUT2D eigenvalue weighted by Gasteiger charge is 2.62. The molecule has 0 atom stereocenters. The molecule has 0 aliphatic heterocycles. The zero-order valence-electron chi connectivity index (χ0n) is 9.51. The van der Waals surface area contributed by atoms with Crippen LogP contribution < -0.4 is 5.73 Å². The monoisotopic (exact) mass is 279 g/mol. The maximum absolute atomic E-state index is 6.37. The fourth-order valence-corrected chi connectivity index (χ4v) is 3.34. The average molecular weight is 280 g/mol. The lowest BCUT2D eigenvalue weighted by Crippen LogP contribution is -2.34. The summed E-state index contributed by atoms with van der Waals surface area (Å²) in [7, 11) is 0. The first-order valence-electron chi connectivity index (χ1n) is 6.17. The SMILES string of the molecule is NC1(C2(CCc3cccc(Br)c3)CC2)CC1. The van der Waals surface area contributed by atoms with E-state index in [2.05, 4.69) is 40.2 Å². The highest BCUT2D eigenvalue weighted by Crippen LogP contribution is 2.64. The van der Waals surface area contributed by atoms with Gasteiger partial charge in [-0.1, -0.05) is 28.1 Å². The van der Waals surface area contributed by atoms with Crippen molar-refractivity contribution in [1.82, 2.24) is 0 Å². The second kappa shape index (κ2) is 3.58. The molecule has 2 aliphatic rings. The molecule has 3 rings (SSSR count). The zero-order chi connectivity index (χ0) is 11.2. The highest BCUT2D eigenvalue weighted by atomic mass is 79.9. The molecule has 1 aromatic rings. The summed E-state index contributed by atoms with van der Waals surface area (Å²) in [5.74, 6) is 0. The van der Waals surface area contributed by atoms with Crippen molar-refractivity contribution in [1.29, 1.82) is 0 Å². The van der Waals surface area contributed by atoms with Crippen molar-refractivity contribution in [3.63, 3.8) is 0 Å². The Morgan fingerprint density at radius 2 is 1.94 bits per heavy atom. The van der Waals surface area contributed by atoms with E-state index < -0.39 is 0 Å². The fraction of sp³-hybridized carbons (Fsp3) is 0.571. The first kappa shape index (κ1) is 10.8. The largest absolute Gasteiger partial charge is 0.325 e. The molecule has 0 radical (unpaired) electrons. The number of benzene rings is 1. The van der Waals surface area contributed by atoms with Gasteiger partial charge in [0, 0.05) is 10.0 Å². The Kier molecular flexibility index (Phi) is 2.41. The highest BCUT2D eigenvalue weighted by molar-refractivity contribution is 9.10. The molecular weight excluding hydrogens is 262 g/mol. The first-order valence-corrected chi connectivity index (χ1v) is 6.96. The lowest BCUT2D eigenvalue weighted by atomic mass is 9.88. The average Bonchev–Trinajstić information content (AvgIpc) is 3.12. The molecular formula is C14H18BrN. The van der Waals surface area contributed by atoms with Crippen LogP contribution in [0.1, 0.15) is 37.7 Å². The van der Waals surface area contributed by atoms with E-state index in [4.69, 9.17) is 5.73 Å². The molecule has 2 N–H and O–H groups in total. The normalized spacial score (nSPS) is 24.1. The van der Waals surface area contributed by atoms with Gasteiger partial charge in [0.15, 0.2) is 0 Å². The van der Waals surface area contributed by atoms with Crippen LogP contribution in [0.3, 0.4) is 0 Å². The quantitative estimate of drug-likeness (QED) is 0.895. The molecule has 0 heterocycles. The van der Waals surface area contributed by atoms with Gasteiger partial charge < -0.3 is 5.73 Å². The number of hydrogen-bond acceptors (Lipinski definition) is 1. The Labute approximate surface area is 106 Å². The van der Waals surface area contributed by atoms with Crippen LogP contribution in [0.2, 0.25) is 0 Å². The standard InChI is InChI=1S/C14H18BrN/c15-12-3-1-2-11(10-12)4-5-13(6-7-13)14(16)8-9-14/h1-3,10H,4-9,16H2. The van der Waals surface area contributed by atoms with Gasteiger partial charge >= 0.3 is 0 Å². The fourth-order valence-electron chi connectivity index (χ4n) is 2.89. The summed E-state index contributed by atoms with van der Waals surface area (Å²) in [6, 6.07) is 8.65. The van der Waals surface area contributed by atoms with Crippen molar-refractivity contribution in [2.24, 2.45) is 11.1 Å². The number of halogens is 1. The van der Waals surface area contributed by atoms with Crippen LogP contribution in [-0.4, -0.2) is 5.54 Å². The Morgan fingerprint density at radius 3 is 2.50 bits per heavy atom. The third-order valence-electron chi connectivity index (χ3n) is 4.48. The summed E-state index contributed by atoms with van der Waals surface area (Å²) < 4.78 is 1.18. The van der Waals surface area contributed by atoms with Crippen LogP contribution in [0.25, 0.3) is 0 Å². The summed E-state index contributed by atoms with van der Waals surface area (Å²) in [6.07, 6.45) is 7.68. The summed E-state index contributed by atoms with van der Waals surface area (Å²) in [6.45, 7) is 0. The van der Waals surface area contributed by atoms with Gasteiger partial charge in [0.25, 0.3) is 0 Å². The van der Waals surface area contributed by atoms with Crippen LogP contribution in [-0.2, 0) is 6.42 Å². The third-order valence-corrected chi connectivity index (χ3v) is 4.97. The van der Waals surface area contributed by atoms with Crippen molar-refractivity contribution in [3.05, 3.63) is 34.3 Å². The van der Waals surface area contributed by atoms with Gasteiger partial charge in [0.05, 0.1) is 0 Å². The number of aryl methyl sites for hydroxylation is 1. The van der Waals surface area contributed by atoms with Gasteiger partial charge in [-0.2, -0.15) is 0 Å². The van der Waals surface area contributed by atoms with Crippen LogP contribution >= 0.6 is 15.9 Å². The maximum atomic E-state index is 6.37. The molecule has 0 saturated heterocycles. The van der Waals surface area contributed by atoms with E-state index in [1.807, 2.05) is 0 Å². The lowest BCUT2D eigenvalue weighted by Gasteiger charge is -2.22. The minimum Gasteiger partial charge on any atom is -0.325 e. The van der Waals surface area contributed by atoms with Crippen molar-refractivity contribution >= 4 is 15.9 Å². The van der Waals surface area contributed by atoms with E-state index in [0.29, 0.717) is 5.41 Å². The minimum atomic E-state index is 0.221. The minimum absolute atomic E-state index is 0.221. The van der Waals surface area contributed by atoms with Gasteiger partial charge in [0.1, 0.15) is 0 Å². The molecule has 1 aromatic carbocycles.